The summed E-state index contributed by atoms with van der Waals surface area (Å²) in [5.74, 6) is -0.469. The maximum absolute atomic E-state index is 12.9. The zero-order valence-corrected chi connectivity index (χ0v) is 18.5. The summed E-state index contributed by atoms with van der Waals surface area (Å²) in [6, 6.07) is 14.3. The number of ether oxygens (including phenoxy) is 4. The maximum atomic E-state index is 12.9. The van der Waals surface area contributed by atoms with Gasteiger partial charge in [-0.25, -0.2) is 4.79 Å². The van der Waals surface area contributed by atoms with Crippen molar-refractivity contribution in [3.05, 3.63) is 59.7 Å². The molecule has 3 aromatic carbocycles. The van der Waals surface area contributed by atoms with E-state index < -0.39 is 17.3 Å². The quantitative estimate of drug-likeness (QED) is 0.278. The molecule has 162 valence electrons. The van der Waals surface area contributed by atoms with Crippen LogP contribution in [0, 0.1) is 6.92 Å². The smallest absolute Gasteiger partial charge is 0.334 e. The van der Waals surface area contributed by atoms with Crippen molar-refractivity contribution in [3.8, 4) is 23.0 Å². The van der Waals surface area contributed by atoms with Gasteiger partial charge < -0.3 is 18.9 Å². The van der Waals surface area contributed by atoms with E-state index in [2.05, 4.69) is 0 Å². The molecule has 0 heterocycles. The number of fused-ring (bicyclic) bond motifs is 1. The van der Waals surface area contributed by atoms with Crippen molar-refractivity contribution in [1.29, 1.82) is 0 Å². The average Bonchev–Trinajstić information content (AvgIpc) is 2.79. The van der Waals surface area contributed by atoms with Gasteiger partial charge >= 0.3 is 11.9 Å². The highest BCUT2D eigenvalue weighted by Gasteiger charge is 2.29. The summed E-state index contributed by atoms with van der Waals surface area (Å²) in [5, 5.41) is 0.0889. The molecule has 3 aromatic rings. The highest BCUT2D eigenvalue weighted by molar-refractivity contribution is 6.30. The van der Waals surface area contributed by atoms with Crippen LogP contribution in [0.2, 0.25) is 0 Å². The molecule has 0 saturated carbocycles. The van der Waals surface area contributed by atoms with E-state index in [-0.39, 0.29) is 29.4 Å². The van der Waals surface area contributed by atoms with E-state index in [0.29, 0.717) is 16.3 Å². The van der Waals surface area contributed by atoms with Crippen LogP contribution in [-0.4, -0.2) is 26.2 Å². The summed E-state index contributed by atoms with van der Waals surface area (Å²) < 4.78 is 22.4. The number of carbonyl (C=O) groups excluding carboxylic acids is 2. The summed E-state index contributed by atoms with van der Waals surface area (Å²) in [7, 11) is 2.84. The van der Waals surface area contributed by atoms with Crippen LogP contribution in [0.25, 0.3) is 10.8 Å². The molecule has 0 aromatic heterocycles. The first-order valence-corrected chi connectivity index (χ1v) is 10.1. The number of alkyl halides is 1. The number of aryl methyl sites for hydroxylation is 1. The Kier molecular flexibility index (Phi) is 7.02. The molecule has 0 spiro atoms. The van der Waals surface area contributed by atoms with Crippen LogP contribution in [0.5, 0.6) is 23.0 Å². The molecule has 0 aliphatic rings. The minimum atomic E-state index is -1.02. The fraction of sp³-hybridized carbons (Fsp3) is 0.250. The topological polar surface area (TPSA) is 71.1 Å². The summed E-state index contributed by atoms with van der Waals surface area (Å²) in [4.78, 5) is 25.0. The standard InChI is InChI=1S/C24H23ClO6/c1-5-17(26)30-20-16-13-9-10-14(2)18(16)21(23(29-4)22(20)28-3)31-24(27)19(25)15-11-7-6-8-12-15/h6-13,19H,5H2,1-4H3. The number of rotatable bonds is 7. The number of hydrogen-bond acceptors (Lipinski definition) is 6. The molecule has 0 fully saturated rings. The second-order valence-electron chi connectivity index (χ2n) is 6.74. The first-order valence-electron chi connectivity index (χ1n) is 9.71. The molecule has 31 heavy (non-hydrogen) atoms. The predicted molar refractivity (Wildman–Crippen MR) is 118 cm³/mol. The van der Waals surface area contributed by atoms with Crippen molar-refractivity contribution in [3.63, 3.8) is 0 Å². The molecule has 0 amide bonds. The third-order valence-electron chi connectivity index (χ3n) is 4.78. The number of esters is 2. The summed E-state index contributed by atoms with van der Waals surface area (Å²) in [6.07, 6.45) is 0.181. The molecule has 0 aliphatic heterocycles. The summed E-state index contributed by atoms with van der Waals surface area (Å²) in [5.41, 5.74) is 1.40. The van der Waals surface area contributed by atoms with Crippen LogP contribution in [0.1, 0.15) is 29.8 Å². The zero-order chi connectivity index (χ0) is 22.5. The Hall–Kier alpha value is -3.25. The second kappa shape index (κ2) is 9.71. The van der Waals surface area contributed by atoms with Gasteiger partial charge in [0.1, 0.15) is 0 Å². The van der Waals surface area contributed by atoms with Crippen LogP contribution in [-0.2, 0) is 9.59 Å². The average molecular weight is 443 g/mol. The molecule has 3 rings (SSSR count). The van der Waals surface area contributed by atoms with Gasteiger partial charge in [-0.3, -0.25) is 4.79 Å². The predicted octanol–water partition coefficient (Wildman–Crippen LogP) is 5.37. The minimum Gasteiger partial charge on any atom is -0.490 e. The molecular weight excluding hydrogens is 420 g/mol. The molecule has 7 heteroatoms. The number of halogens is 1. The number of carbonyl (C=O) groups is 2. The van der Waals surface area contributed by atoms with E-state index in [1.807, 2.05) is 25.1 Å². The van der Waals surface area contributed by atoms with E-state index in [4.69, 9.17) is 30.5 Å². The van der Waals surface area contributed by atoms with Crippen LogP contribution < -0.4 is 18.9 Å². The van der Waals surface area contributed by atoms with Crippen LogP contribution in [0.15, 0.2) is 48.5 Å². The molecular formula is C24H23ClO6. The molecule has 0 aliphatic carbocycles. The summed E-state index contributed by atoms with van der Waals surface area (Å²) >= 11 is 6.37. The molecule has 6 nitrogen and oxygen atoms in total. The van der Waals surface area contributed by atoms with Crippen molar-refractivity contribution >= 4 is 34.3 Å². The third kappa shape index (κ3) is 4.44. The van der Waals surface area contributed by atoms with Gasteiger partial charge in [-0.15, -0.1) is 11.6 Å². The Morgan fingerprint density at radius 2 is 1.52 bits per heavy atom. The largest absolute Gasteiger partial charge is 0.490 e. The van der Waals surface area contributed by atoms with E-state index in [9.17, 15) is 9.59 Å². The van der Waals surface area contributed by atoms with Crippen molar-refractivity contribution < 1.29 is 28.5 Å². The number of hydrogen-bond donors (Lipinski definition) is 0. The van der Waals surface area contributed by atoms with Crippen LogP contribution in [0.3, 0.4) is 0 Å². The highest BCUT2D eigenvalue weighted by atomic mass is 35.5. The number of benzene rings is 3. The Balaban J connectivity index is 2.20. The van der Waals surface area contributed by atoms with Gasteiger partial charge in [0.05, 0.1) is 14.2 Å². The minimum absolute atomic E-state index is 0.133. The fourth-order valence-corrected chi connectivity index (χ4v) is 3.46. The van der Waals surface area contributed by atoms with Gasteiger partial charge in [0.15, 0.2) is 16.9 Å². The fourth-order valence-electron chi connectivity index (χ4n) is 3.27. The van der Waals surface area contributed by atoms with E-state index in [0.717, 1.165) is 5.56 Å². The normalized spacial score (nSPS) is 11.6. The lowest BCUT2D eigenvalue weighted by Crippen LogP contribution is -2.16. The van der Waals surface area contributed by atoms with Gasteiger partial charge in [-0.1, -0.05) is 55.5 Å². The van der Waals surface area contributed by atoms with E-state index >= 15 is 0 Å². The molecule has 0 saturated heterocycles. The Morgan fingerprint density at radius 1 is 0.871 bits per heavy atom. The van der Waals surface area contributed by atoms with E-state index in [1.54, 1.807) is 37.3 Å². The van der Waals surface area contributed by atoms with Crippen molar-refractivity contribution in [2.45, 2.75) is 25.6 Å². The molecule has 0 N–H and O–H groups in total. The molecule has 0 radical (unpaired) electrons. The van der Waals surface area contributed by atoms with Gasteiger partial charge in [0, 0.05) is 17.2 Å². The Labute approximate surface area is 185 Å². The molecule has 1 atom stereocenters. The van der Waals surface area contributed by atoms with Crippen molar-refractivity contribution in [1.82, 2.24) is 0 Å². The lowest BCUT2D eigenvalue weighted by atomic mass is 10.0. The van der Waals surface area contributed by atoms with Gasteiger partial charge in [0.2, 0.25) is 11.5 Å². The second-order valence-corrected chi connectivity index (χ2v) is 7.18. The van der Waals surface area contributed by atoms with Crippen molar-refractivity contribution in [2.24, 2.45) is 0 Å². The number of methoxy groups -OCH3 is 2. The SMILES string of the molecule is CCC(=O)Oc1c(OC)c(OC)c(OC(=O)C(Cl)c2ccccc2)c2c(C)cccc12. The van der Waals surface area contributed by atoms with Crippen LogP contribution in [0.4, 0.5) is 0 Å². The summed E-state index contributed by atoms with van der Waals surface area (Å²) in [6.45, 7) is 3.55. The van der Waals surface area contributed by atoms with E-state index in [1.165, 1.54) is 14.2 Å². The Morgan fingerprint density at radius 3 is 2.13 bits per heavy atom. The van der Waals surface area contributed by atoms with Crippen LogP contribution >= 0.6 is 11.6 Å². The highest BCUT2D eigenvalue weighted by Crippen LogP contribution is 2.52. The first-order chi connectivity index (χ1) is 14.9. The zero-order valence-electron chi connectivity index (χ0n) is 17.7. The Bertz CT molecular complexity index is 1110. The third-order valence-corrected chi connectivity index (χ3v) is 5.21. The van der Waals surface area contributed by atoms with Gasteiger partial charge in [-0.05, 0) is 18.1 Å². The lowest BCUT2D eigenvalue weighted by Gasteiger charge is -2.21. The maximum Gasteiger partial charge on any atom is 0.334 e. The molecule has 1 unspecified atom stereocenters. The first kappa shape index (κ1) is 22.4. The van der Waals surface area contributed by atoms with Crippen molar-refractivity contribution in [2.75, 3.05) is 14.2 Å². The lowest BCUT2D eigenvalue weighted by molar-refractivity contribution is -0.135. The monoisotopic (exact) mass is 442 g/mol. The van der Waals surface area contributed by atoms with Gasteiger partial charge in [-0.2, -0.15) is 0 Å². The molecule has 0 bridgehead atoms. The van der Waals surface area contributed by atoms with Gasteiger partial charge in [0.25, 0.3) is 0 Å².